The number of β-amino-alcohol motifs (C(OH)–C–C–N with tert-alkyl or cyclic N) is 1. The van der Waals surface area contributed by atoms with E-state index in [1.165, 1.54) is 16.7 Å². The molecule has 2 aliphatic rings. The third-order valence-corrected chi connectivity index (χ3v) is 6.60. The van der Waals surface area contributed by atoms with E-state index in [-0.39, 0.29) is 6.10 Å². The van der Waals surface area contributed by atoms with Crippen molar-refractivity contribution < 1.29 is 24.1 Å². The molecule has 6 heteroatoms. The van der Waals surface area contributed by atoms with Crippen LogP contribution < -0.4 is 14.2 Å². The summed E-state index contributed by atoms with van der Waals surface area (Å²) in [6.45, 7) is 2.56. The molecule has 4 rings (SSSR count). The van der Waals surface area contributed by atoms with Gasteiger partial charge in [-0.1, -0.05) is 30.3 Å². The van der Waals surface area contributed by atoms with E-state index in [1.54, 1.807) is 21.3 Å². The topological polar surface area (TPSA) is 60.4 Å². The van der Waals surface area contributed by atoms with Gasteiger partial charge in [-0.3, -0.25) is 4.90 Å². The van der Waals surface area contributed by atoms with Gasteiger partial charge in [0, 0.05) is 31.8 Å². The van der Waals surface area contributed by atoms with E-state index in [0.29, 0.717) is 18.9 Å². The predicted octanol–water partition coefficient (Wildman–Crippen LogP) is 4.26. The summed E-state index contributed by atoms with van der Waals surface area (Å²) >= 11 is 0. The van der Waals surface area contributed by atoms with E-state index < -0.39 is 6.10 Å². The lowest BCUT2D eigenvalue weighted by Crippen LogP contribution is -2.37. The Morgan fingerprint density at radius 3 is 2.45 bits per heavy atom. The molecular weight excluding hydrogens is 418 g/mol. The van der Waals surface area contributed by atoms with Gasteiger partial charge in [0.05, 0.1) is 45.7 Å². The van der Waals surface area contributed by atoms with E-state index in [4.69, 9.17) is 18.9 Å². The summed E-state index contributed by atoms with van der Waals surface area (Å²) in [6, 6.07) is 12.3. The number of rotatable bonds is 9. The van der Waals surface area contributed by atoms with Crippen molar-refractivity contribution in [3.8, 4) is 17.2 Å². The van der Waals surface area contributed by atoms with Crippen LogP contribution in [-0.4, -0.2) is 63.7 Å². The average molecular weight is 454 g/mol. The van der Waals surface area contributed by atoms with E-state index in [9.17, 15) is 5.11 Å². The molecule has 0 saturated carbocycles. The van der Waals surface area contributed by atoms with Gasteiger partial charge in [-0.25, -0.2) is 0 Å². The molecule has 1 aliphatic heterocycles. The Bertz CT molecular complexity index is 948. The zero-order valence-corrected chi connectivity index (χ0v) is 19.9. The first-order valence-corrected chi connectivity index (χ1v) is 11.7. The van der Waals surface area contributed by atoms with Crippen molar-refractivity contribution in [2.24, 2.45) is 0 Å². The highest BCUT2D eigenvalue weighted by Crippen LogP contribution is 2.41. The molecule has 6 nitrogen and oxygen atoms in total. The van der Waals surface area contributed by atoms with E-state index in [2.05, 4.69) is 35.2 Å². The number of benzene rings is 2. The quantitative estimate of drug-likeness (QED) is 0.612. The lowest BCUT2D eigenvalue weighted by molar-refractivity contribution is -0.0272. The molecule has 0 spiro atoms. The first kappa shape index (κ1) is 23.6. The van der Waals surface area contributed by atoms with Crippen LogP contribution in [-0.2, 0) is 11.2 Å². The molecule has 1 aliphatic carbocycles. The Labute approximate surface area is 196 Å². The molecule has 2 aromatic carbocycles. The zero-order chi connectivity index (χ0) is 23.2. The fourth-order valence-electron chi connectivity index (χ4n) is 4.89. The first-order valence-electron chi connectivity index (χ1n) is 11.7. The van der Waals surface area contributed by atoms with Crippen LogP contribution in [0, 0.1) is 0 Å². The van der Waals surface area contributed by atoms with Crippen molar-refractivity contribution in [2.75, 3.05) is 47.6 Å². The molecule has 0 bridgehead atoms. The predicted molar refractivity (Wildman–Crippen MR) is 129 cm³/mol. The summed E-state index contributed by atoms with van der Waals surface area (Å²) in [5.41, 5.74) is 4.82. The van der Waals surface area contributed by atoms with Gasteiger partial charge in [0.2, 0.25) is 0 Å². The Kier molecular flexibility index (Phi) is 7.91. The summed E-state index contributed by atoms with van der Waals surface area (Å²) in [5, 5.41) is 10.6. The first-order chi connectivity index (χ1) is 16.1. The van der Waals surface area contributed by atoms with Crippen molar-refractivity contribution in [3.63, 3.8) is 0 Å². The summed E-state index contributed by atoms with van der Waals surface area (Å²) in [6.07, 6.45) is 5.89. The molecule has 0 saturated heterocycles. The molecule has 0 fully saturated rings. The van der Waals surface area contributed by atoms with Crippen LogP contribution in [0.3, 0.4) is 0 Å². The summed E-state index contributed by atoms with van der Waals surface area (Å²) in [5.74, 6) is 2.19. The molecule has 0 unspecified atom stereocenters. The van der Waals surface area contributed by atoms with Gasteiger partial charge in [-0.2, -0.15) is 0 Å². The van der Waals surface area contributed by atoms with Gasteiger partial charge < -0.3 is 24.1 Å². The van der Waals surface area contributed by atoms with Crippen LogP contribution >= 0.6 is 0 Å². The van der Waals surface area contributed by atoms with Crippen LogP contribution in [0.4, 0.5) is 0 Å². The van der Waals surface area contributed by atoms with Crippen molar-refractivity contribution in [1.82, 2.24) is 4.90 Å². The lowest BCUT2D eigenvalue weighted by atomic mass is 9.89. The molecule has 0 amide bonds. The van der Waals surface area contributed by atoms with E-state index in [0.717, 1.165) is 55.8 Å². The van der Waals surface area contributed by atoms with Crippen molar-refractivity contribution in [3.05, 3.63) is 59.2 Å². The van der Waals surface area contributed by atoms with Gasteiger partial charge >= 0.3 is 0 Å². The summed E-state index contributed by atoms with van der Waals surface area (Å²) < 4.78 is 22.7. The fraction of sp³-hybridized carbons (Fsp3) is 0.481. The Morgan fingerprint density at radius 1 is 1.03 bits per heavy atom. The zero-order valence-electron chi connectivity index (χ0n) is 19.9. The van der Waals surface area contributed by atoms with Crippen LogP contribution in [0.2, 0.25) is 0 Å². The van der Waals surface area contributed by atoms with E-state index in [1.807, 2.05) is 12.1 Å². The number of fused-ring (bicyclic) bond motifs is 1. The fourth-order valence-corrected chi connectivity index (χ4v) is 4.89. The highest BCUT2D eigenvalue weighted by Gasteiger charge is 2.24. The molecule has 2 aromatic rings. The van der Waals surface area contributed by atoms with Crippen molar-refractivity contribution in [1.29, 1.82) is 0 Å². The van der Waals surface area contributed by atoms with E-state index >= 15 is 0 Å². The SMILES string of the molecule is COc1cc(OC)c(C2=CCN(C[C@H](O)CO[C@@H]3CCCc4ccccc43)CC2)c(OC)c1. The second-order valence-electron chi connectivity index (χ2n) is 8.71. The normalized spacial score (nSPS) is 19.4. The molecule has 1 N–H and O–H groups in total. The van der Waals surface area contributed by atoms with Crippen LogP contribution in [0.1, 0.15) is 42.1 Å². The number of nitrogens with zero attached hydrogens (tertiary/aromatic N) is 1. The number of methoxy groups -OCH3 is 3. The minimum Gasteiger partial charge on any atom is -0.496 e. The Morgan fingerprint density at radius 2 is 1.79 bits per heavy atom. The molecule has 1 heterocycles. The Balaban J connectivity index is 1.34. The largest absolute Gasteiger partial charge is 0.496 e. The van der Waals surface area contributed by atoms with Gasteiger partial charge in [0.25, 0.3) is 0 Å². The number of aliphatic hydroxyl groups is 1. The third kappa shape index (κ3) is 5.52. The van der Waals surface area contributed by atoms with Gasteiger partial charge in [-0.05, 0) is 42.4 Å². The molecule has 0 radical (unpaired) electrons. The number of ether oxygens (including phenoxy) is 4. The smallest absolute Gasteiger partial charge is 0.133 e. The lowest BCUT2D eigenvalue weighted by Gasteiger charge is -2.30. The highest BCUT2D eigenvalue weighted by atomic mass is 16.5. The van der Waals surface area contributed by atoms with Gasteiger partial charge in [-0.15, -0.1) is 0 Å². The molecule has 33 heavy (non-hydrogen) atoms. The monoisotopic (exact) mass is 453 g/mol. The van der Waals surface area contributed by atoms with Crippen molar-refractivity contribution in [2.45, 2.75) is 37.9 Å². The minimum absolute atomic E-state index is 0.0902. The third-order valence-electron chi connectivity index (χ3n) is 6.60. The second-order valence-corrected chi connectivity index (χ2v) is 8.71. The van der Waals surface area contributed by atoms with Gasteiger partial charge in [0.1, 0.15) is 17.2 Å². The van der Waals surface area contributed by atoms with Gasteiger partial charge in [0.15, 0.2) is 0 Å². The highest BCUT2D eigenvalue weighted by molar-refractivity contribution is 5.77. The minimum atomic E-state index is -0.515. The average Bonchev–Trinajstić information content (AvgIpc) is 2.87. The maximum absolute atomic E-state index is 10.6. The van der Waals surface area contributed by atoms with Crippen molar-refractivity contribution >= 4 is 5.57 Å². The molecule has 2 atom stereocenters. The summed E-state index contributed by atoms with van der Waals surface area (Å²) in [4.78, 5) is 2.26. The van der Waals surface area contributed by atoms with Crippen LogP contribution in [0.15, 0.2) is 42.5 Å². The van der Waals surface area contributed by atoms with Crippen LogP contribution in [0.25, 0.3) is 5.57 Å². The standard InChI is InChI=1S/C27H35NO5/c1-30-22-15-25(31-2)27(26(16-22)32-3)20-11-13-28(14-12-20)17-21(29)18-33-24-10-6-8-19-7-4-5-9-23(19)24/h4-5,7,9,11,15-16,21,24,29H,6,8,10,12-14,17-18H2,1-3H3/t21-,24+/m0/s1. The molecule has 0 aromatic heterocycles. The summed E-state index contributed by atoms with van der Waals surface area (Å²) in [7, 11) is 4.96. The number of aryl methyl sites for hydroxylation is 1. The maximum Gasteiger partial charge on any atom is 0.133 e. The molecular formula is C27H35NO5. The second kappa shape index (κ2) is 11.1. The number of hydrogen-bond acceptors (Lipinski definition) is 6. The maximum atomic E-state index is 10.6. The Hall–Kier alpha value is -2.54. The number of aliphatic hydroxyl groups excluding tert-OH is 1. The molecule has 178 valence electrons. The number of hydrogen-bond donors (Lipinski definition) is 1. The van der Waals surface area contributed by atoms with Crippen LogP contribution in [0.5, 0.6) is 17.2 Å².